The molecule has 0 N–H and O–H groups in total. The summed E-state index contributed by atoms with van der Waals surface area (Å²) >= 11 is 0. The topological polar surface area (TPSA) is 9.86 Å². The number of aromatic nitrogens is 2. The summed E-state index contributed by atoms with van der Waals surface area (Å²) < 4.78 is 4.96. The first-order chi connectivity index (χ1) is 31.8. The van der Waals surface area contributed by atoms with Crippen molar-refractivity contribution in [2.45, 2.75) is 5.41 Å². The molecular formula is C61H40N2Si. The first kappa shape index (κ1) is 35.6. The molecule has 0 saturated heterocycles. The Morgan fingerprint density at radius 1 is 0.281 bits per heavy atom. The third-order valence-corrected chi connectivity index (χ3v) is 19.6. The van der Waals surface area contributed by atoms with E-state index in [4.69, 9.17) is 0 Å². The van der Waals surface area contributed by atoms with Crippen LogP contribution >= 0.6 is 0 Å². The van der Waals surface area contributed by atoms with Crippen LogP contribution in [0.25, 0.3) is 66.1 Å². The highest BCUT2D eigenvalue weighted by Crippen LogP contribution is 2.57. The monoisotopic (exact) mass is 828 g/mol. The lowest BCUT2D eigenvalue weighted by atomic mass is 9.67. The SMILES string of the molecule is c1ccc([Si]2(c3ccccc3)c3ccccc3C3(c4ccccc4-c4ccccc43)c3cc(-n4c5ccccc5c5cc(-n6c7ccccc7c7ccccc76)ccc54)ccc32)cc1. The molecule has 1 spiro atoms. The van der Waals surface area contributed by atoms with Crippen LogP contribution in [-0.2, 0) is 5.41 Å². The lowest BCUT2D eigenvalue weighted by molar-refractivity contribution is 0.773. The number of para-hydroxylation sites is 3. The van der Waals surface area contributed by atoms with Crippen molar-refractivity contribution in [2.75, 3.05) is 0 Å². The molecule has 1 aliphatic carbocycles. The lowest BCUT2D eigenvalue weighted by Crippen LogP contribution is -2.79. The Balaban J connectivity index is 1.11. The molecule has 0 amide bonds. The molecule has 298 valence electrons. The molecule has 14 rings (SSSR count). The van der Waals surface area contributed by atoms with Gasteiger partial charge >= 0.3 is 0 Å². The van der Waals surface area contributed by atoms with Gasteiger partial charge in [0.25, 0.3) is 0 Å². The minimum Gasteiger partial charge on any atom is -0.309 e. The van der Waals surface area contributed by atoms with Crippen molar-refractivity contribution in [1.29, 1.82) is 0 Å². The summed E-state index contributed by atoms with van der Waals surface area (Å²) in [4.78, 5) is 0. The molecule has 2 aromatic heterocycles. The summed E-state index contributed by atoms with van der Waals surface area (Å²) in [5.74, 6) is 0. The first-order valence-electron chi connectivity index (χ1n) is 22.4. The molecule has 0 fully saturated rings. The van der Waals surface area contributed by atoms with Crippen molar-refractivity contribution < 1.29 is 0 Å². The molecule has 10 aromatic carbocycles. The van der Waals surface area contributed by atoms with Crippen LogP contribution in [0.5, 0.6) is 0 Å². The minimum absolute atomic E-state index is 0.544. The van der Waals surface area contributed by atoms with Crippen molar-refractivity contribution >= 4 is 72.4 Å². The van der Waals surface area contributed by atoms with Gasteiger partial charge in [0.15, 0.2) is 8.07 Å². The Hall–Kier alpha value is -7.98. The lowest BCUT2D eigenvalue weighted by Gasteiger charge is -2.49. The van der Waals surface area contributed by atoms with Crippen LogP contribution in [0.1, 0.15) is 22.3 Å². The van der Waals surface area contributed by atoms with Crippen molar-refractivity contribution in [3.63, 3.8) is 0 Å². The number of benzene rings is 10. The highest BCUT2D eigenvalue weighted by Gasteiger charge is 2.57. The molecule has 0 bridgehead atoms. The van der Waals surface area contributed by atoms with Crippen LogP contribution < -0.4 is 20.7 Å². The third-order valence-electron chi connectivity index (χ3n) is 14.7. The van der Waals surface area contributed by atoms with Gasteiger partial charge in [0, 0.05) is 32.9 Å². The van der Waals surface area contributed by atoms with E-state index in [-0.39, 0.29) is 0 Å². The second-order valence-electron chi connectivity index (χ2n) is 17.5. The van der Waals surface area contributed by atoms with Crippen LogP contribution in [0, 0.1) is 0 Å². The van der Waals surface area contributed by atoms with E-state index < -0.39 is 13.5 Å². The maximum absolute atomic E-state index is 2.92. The van der Waals surface area contributed by atoms with Crippen molar-refractivity contribution in [3.05, 3.63) is 265 Å². The van der Waals surface area contributed by atoms with Gasteiger partial charge in [-0.15, -0.1) is 0 Å². The largest absolute Gasteiger partial charge is 0.309 e. The highest BCUT2D eigenvalue weighted by atomic mass is 28.3. The summed E-state index contributed by atoms with van der Waals surface area (Å²) in [5, 5.41) is 10.7. The van der Waals surface area contributed by atoms with Gasteiger partial charge in [0.2, 0.25) is 0 Å². The summed E-state index contributed by atoms with van der Waals surface area (Å²) in [7, 11) is -2.92. The molecule has 0 saturated carbocycles. The van der Waals surface area contributed by atoms with Gasteiger partial charge in [-0.25, -0.2) is 0 Å². The molecule has 3 heterocycles. The Bertz CT molecular complexity index is 3720. The van der Waals surface area contributed by atoms with Crippen molar-refractivity contribution in [2.24, 2.45) is 0 Å². The van der Waals surface area contributed by atoms with Gasteiger partial charge in [-0.3, -0.25) is 0 Å². The van der Waals surface area contributed by atoms with Gasteiger partial charge in [0.1, 0.15) is 0 Å². The zero-order chi connectivity index (χ0) is 42.0. The predicted octanol–water partition coefficient (Wildman–Crippen LogP) is 11.9. The summed E-state index contributed by atoms with van der Waals surface area (Å²) in [6, 6.07) is 91.9. The molecule has 3 heteroatoms. The van der Waals surface area contributed by atoms with Gasteiger partial charge in [0.05, 0.1) is 27.5 Å². The summed E-state index contributed by atoms with van der Waals surface area (Å²) in [6.45, 7) is 0. The van der Waals surface area contributed by atoms with E-state index >= 15 is 0 Å². The predicted molar refractivity (Wildman–Crippen MR) is 270 cm³/mol. The average molecular weight is 829 g/mol. The second kappa shape index (κ2) is 13.3. The second-order valence-corrected chi connectivity index (χ2v) is 21.3. The van der Waals surface area contributed by atoms with E-state index in [1.165, 1.54) is 103 Å². The summed E-state index contributed by atoms with van der Waals surface area (Å²) in [6.07, 6.45) is 0. The number of rotatable bonds is 4. The molecular weight excluding hydrogens is 789 g/mol. The van der Waals surface area contributed by atoms with Crippen LogP contribution in [0.4, 0.5) is 0 Å². The van der Waals surface area contributed by atoms with E-state index in [0.29, 0.717) is 0 Å². The highest BCUT2D eigenvalue weighted by molar-refractivity contribution is 7.20. The molecule has 1 aliphatic heterocycles. The van der Waals surface area contributed by atoms with Crippen molar-refractivity contribution in [3.8, 4) is 22.5 Å². The maximum Gasteiger partial charge on any atom is 0.180 e. The average Bonchev–Trinajstić information content (AvgIpc) is 3.99. The Kier molecular flexibility index (Phi) is 7.38. The molecule has 2 nitrogen and oxygen atoms in total. The van der Waals surface area contributed by atoms with E-state index in [0.717, 1.165) is 5.69 Å². The zero-order valence-corrected chi connectivity index (χ0v) is 36.0. The van der Waals surface area contributed by atoms with E-state index in [1.54, 1.807) is 0 Å². The maximum atomic E-state index is 2.59. The van der Waals surface area contributed by atoms with E-state index in [9.17, 15) is 0 Å². The summed E-state index contributed by atoms with van der Waals surface area (Å²) in [5.41, 5.74) is 14.7. The molecule has 2 aliphatic rings. The van der Waals surface area contributed by atoms with Gasteiger partial charge < -0.3 is 9.13 Å². The van der Waals surface area contributed by atoms with Gasteiger partial charge in [-0.1, -0.05) is 194 Å². The number of hydrogen-bond donors (Lipinski definition) is 0. The minimum atomic E-state index is -2.92. The first-order valence-corrected chi connectivity index (χ1v) is 24.4. The number of hydrogen-bond acceptors (Lipinski definition) is 0. The molecule has 0 atom stereocenters. The fraction of sp³-hybridized carbons (Fsp3) is 0.0164. The Morgan fingerprint density at radius 3 is 1.27 bits per heavy atom. The van der Waals surface area contributed by atoms with E-state index in [1.807, 2.05) is 0 Å². The molecule has 0 radical (unpaired) electrons. The van der Waals surface area contributed by atoms with Gasteiger partial charge in [-0.05, 0) is 103 Å². The van der Waals surface area contributed by atoms with Gasteiger partial charge in [-0.2, -0.15) is 0 Å². The Labute approximate surface area is 372 Å². The number of nitrogens with zero attached hydrogens (tertiary/aromatic N) is 2. The van der Waals surface area contributed by atoms with Crippen LogP contribution in [0.2, 0.25) is 0 Å². The smallest absolute Gasteiger partial charge is 0.180 e. The van der Waals surface area contributed by atoms with Crippen LogP contribution in [-0.4, -0.2) is 17.2 Å². The molecule has 0 unspecified atom stereocenters. The normalized spacial score (nSPS) is 14.2. The van der Waals surface area contributed by atoms with Crippen LogP contribution in [0.15, 0.2) is 243 Å². The third kappa shape index (κ3) is 4.48. The van der Waals surface area contributed by atoms with Crippen molar-refractivity contribution in [1.82, 2.24) is 9.13 Å². The zero-order valence-electron chi connectivity index (χ0n) is 35.0. The van der Waals surface area contributed by atoms with Crippen LogP contribution in [0.3, 0.4) is 0 Å². The number of fused-ring (bicyclic) bond motifs is 15. The molecule has 12 aromatic rings. The fourth-order valence-electron chi connectivity index (χ4n) is 12.3. The standard InChI is InChI=1S/C61H40N2Si/c1-3-19-43(20-4-1)64(44-21-5-2-6-22-44)59-34-18-14-30-53(59)61(51-28-12-7-23-45(51)46-24-8-13-29-52(46)61)54-40-42(36-38-60(54)64)63-57-33-17-11-27-49(57)50-39-41(35-37-58(50)63)62-55-31-15-9-25-47(55)48-26-10-16-32-56(48)62/h1-40H. The Morgan fingerprint density at radius 2 is 0.688 bits per heavy atom. The fourth-order valence-corrected chi connectivity index (χ4v) is 17.6. The molecule has 64 heavy (non-hydrogen) atoms. The van der Waals surface area contributed by atoms with E-state index in [2.05, 4.69) is 252 Å². The quantitative estimate of drug-likeness (QED) is 0.156.